The van der Waals surface area contributed by atoms with E-state index in [2.05, 4.69) is 10.0 Å². The van der Waals surface area contributed by atoms with Crippen LogP contribution >= 0.6 is 0 Å². The van der Waals surface area contributed by atoms with Gasteiger partial charge in [-0.3, -0.25) is 9.59 Å². The van der Waals surface area contributed by atoms with Crippen LogP contribution in [-0.2, 0) is 24.3 Å². The van der Waals surface area contributed by atoms with Gasteiger partial charge in [0.15, 0.2) is 5.60 Å². The highest BCUT2D eigenvalue weighted by molar-refractivity contribution is 7.88. The molecule has 0 aliphatic carbocycles. The number of nitrogens with one attached hydrogen (secondary N) is 2. The molecule has 1 unspecified atom stereocenters. The van der Waals surface area contributed by atoms with Gasteiger partial charge in [0.25, 0.3) is 5.91 Å². The van der Waals surface area contributed by atoms with Crippen molar-refractivity contribution in [1.82, 2.24) is 14.9 Å². The average molecular weight is 293 g/mol. The van der Waals surface area contributed by atoms with Crippen molar-refractivity contribution in [2.45, 2.75) is 12.5 Å². The van der Waals surface area contributed by atoms with E-state index in [0.29, 0.717) is 6.54 Å². The first kappa shape index (κ1) is 15.9. The lowest BCUT2D eigenvalue weighted by atomic mass is 10.0. The van der Waals surface area contributed by atoms with Gasteiger partial charge in [0.2, 0.25) is 15.9 Å². The Bertz CT molecular complexity index is 464. The van der Waals surface area contributed by atoms with Gasteiger partial charge in [0.05, 0.1) is 26.0 Å². The number of carbonyl (C=O) groups excluding carboxylic acids is 2. The predicted octanol–water partition coefficient (Wildman–Crippen LogP) is -2.10. The van der Waals surface area contributed by atoms with E-state index < -0.39 is 15.6 Å². The summed E-state index contributed by atoms with van der Waals surface area (Å²) in [6.07, 6.45) is 0.980. The maximum absolute atomic E-state index is 11.9. The van der Waals surface area contributed by atoms with Crippen LogP contribution in [0, 0.1) is 0 Å². The van der Waals surface area contributed by atoms with E-state index in [9.17, 15) is 18.0 Å². The van der Waals surface area contributed by atoms with Crippen LogP contribution in [0.1, 0.15) is 6.92 Å². The highest BCUT2D eigenvalue weighted by Gasteiger charge is 2.40. The van der Waals surface area contributed by atoms with Gasteiger partial charge < -0.3 is 15.0 Å². The van der Waals surface area contributed by atoms with Crippen molar-refractivity contribution in [3.05, 3.63) is 0 Å². The average Bonchev–Trinajstić information content (AvgIpc) is 2.34. The molecule has 1 heterocycles. The Morgan fingerprint density at radius 1 is 1.42 bits per heavy atom. The third-order valence-corrected chi connectivity index (χ3v) is 3.49. The Labute approximate surface area is 112 Å². The number of rotatable bonds is 4. The molecule has 0 radical (unpaired) electrons. The minimum Gasteiger partial charge on any atom is -0.362 e. The molecule has 1 rings (SSSR count). The predicted molar refractivity (Wildman–Crippen MR) is 67.9 cm³/mol. The first-order valence-electron chi connectivity index (χ1n) is 5.76. The van der Waals surface area contributed by atoms with Crippen LogP contribution in [0.2, 0.25) is 0 Å². The zero-order chi connectivity index (χ0) is 14.7. The van der Waals surface area contributed by atoms with Crippen molar-refractivity contribution in [3.63, 3.8) is 0 Å². The lowest BCUT2D eigenvalue weighted by molar-refractivity contribution is -0.162. The zero-order valence-electron chi connectivity index (χ0n) is 11.2. The summed E-state index contributed by atoms with van der Waals surface area (Å²) in [6, 6.07) is 0. The lowest BCUT2D eigenvalue weighted by Gasteiger charge is -2.39. The molecule has 9 heteroatoms. The monoisotopic (exact) mass is 293 g/mol. The molecule has 19 heavy (non-hydrogen) atoms. The Morgan fingerprint density at radius 3 is 2.58 bits per heavy atom. The van der Waals surface area contributed by atoms with Gasteiger partial charge >= 0.3 is 0 Å². The minimum atomic E-state index is -3.42. The Balaban J connectivity index is 2.64. The number of nitrogens with zero attached hydrogens (tertiary/aromatic N) is 1. The van der Waals surface area contributed by atoms with Crippen molar-refractivity contribution in [2.75, 3.05) is 39.5 Å². The van der Waals surface area contributed by atoms with Gasteiger partial charge in [0.1, 0.15) is 0 Å². The fourth-order valence-corrected chi connectivity index (χ4v) is 2.17. The molecule has 1 aliphatic heterocycles. The topological polar surface area (TPSA) is 105 Å². The van der Waals surface area contributed by atoms with Crippen molar-refractivity contribution < 1.29 is 22.7 Å². The van der Waals surface area contributed by atoms with Crippen LogP contribution in [0.5, 0.6) is 0 Å². The molecule has 2 amide bonds. The number of morpholine rings is 1. The maximum atomic E-state index is 11.9. The standard InChI is InChI=1S/C10H19N3O5S/c1-10(9(15)11-2)7-13(4-5-18-10)8(14)6-12-19(3,16)17/h12H,4-7H2,1-3H3,(H,11,15). The number of hydrogen-bond donors (Lipinski definition) is 2. The van der Waals surface area contributed by atoms with Gasteiger partial charge in [-0.05, 0) is 6.92 Å². The summed E-state index contributed by atoms with van der Waals surface area (Å²) in [5, 5.41) is 2.48. The molecule has 110 valence electrons. The molecule has 0 aromatic rings. The summed E-state index contributed by atoms with van der Waals surface area (Å²) in [7, 11) is -1.93. The van der Waals surface area contributed by atoms with E-state index in [0.717, 1.165) is 6.26 Å². The fourth-order valence-electron chi connectivity index (χ4n) is 1.79. The fraction of sp³-hybridized carbons (Fsp3) is 0.800. The number of hydrogen-bond acceptors (Lipinski definition) is 5. The molecule has 2 N–H and O–H groups in total. The SMILES string of the molecule is CNC(=O)C1(C)CN(C(=O)CNS(C)(=O)=O)CCO1. The molecular weight excluding hydrogens is 274 g/mol. The van der Waals surface area contributed by atoms with Crippen LogP contribution in [0.15, 0.2) is 0 Å². The lowest BCUT2D eigenvalue weighted by Crippen LogP contribution is -2.59. The Morgan fingerprint density at radius 2 is 2.05 bits per heavy atom. The Hall–Kier alpha value is -1.19. The largest absolute Gasteiger partial charge is 0.362 e. The first-order chi connectivity index (χ1) is 8.68. The molecule has 8 nitrogen and oxygen atoms in total. The molecular formula is C10H19N3O5S. The van der Waals surface area contributed by atoms with Gasteiger partial charge in [-0.25, -0.2) is 13.1 Å². The third kappa shape index (κ3) is 4.44. The van der Waals surface area contributed by atoms with E-state index in [4.69, 9.17) is 4.74 Å². The van der Waals surface area contributed by atoms with Crippen LogP contribution in [0.25, 0.3) is 0 Å². The normalized spacial score (nSPS) is 24.1. The van der Waals surface area contributed by atoms with Crippen LogP contribution < -0.4 is 10.0 Å². The second-order valence-corrected chi connectivity index (χ2v) is 6.40. The third-order valence-electron chi connectivity index (χ3n) is 2.82. The highest BCUT2D eigenvalue weighted by Crippen LogP contribution is 2.17. The van der Waals surface area contributed by atoms with Gasteiger partial charge in [0, 0.05) is 13.6 Å². The van der Waals surface area contributed by atoms with Gasteiger partial charge in [-0.2, -0.15) is 0 Å². The second kappa shape index (κ2) is 5.85. The highest BCUT2D eigenvalue weighted by atomic mass is 32.2. The number of amides is 2. The summed E-state index contributed by atoms with van der Waals surface area (Å²) < 4.78 is 29.4. The summed E-state index contributed by atoms with van der Waals surface area (Å²) in [5.41, 5.74) is -1.10. The summed E-state index contributed by atoms with van der Waals surface area (Å²) in [5.74, 6) is -0.704. The molecule has 0 aromatic heterocycles. The van der Waals surface area contributed by atoms with E-state index >= 15 is 0 Å². The van der Waals surface area contributed by atoms with Gasteiger partial charge in [-0.1, -0.05) is 0 Å². The molecule has 1 aliphatic rings. The van der Waals surface area contributed by atoms with Crippen molar-refractivity contribution >= 4 is 21.8 Å². The summed E-state index contributed by atoms with van der Waals surface area (Å²) in [4.78, 5) is 25.0. The maximum Gasteiger partial charge on any atom is 0.253 e. The molecule has 0 bridgehead atoms. The number of sulfonamides is 1. The number of ether oxygens (including phenoxy) is 1. The van der Waals surface area contributed by atoms with E-state index in [1.54, 1.807) is 6.92 Å². The Kier molecular flexibility index (Phi) is 4.88. The number of likely N-dealkylation sites (N-methyl/N-ethyl adjacent to an activating group) is 1. The van der Waals surface area contributed by atoms with Crippen LogP contribution in [0.3, 0.4) is 0 Å². The van der Waals surface area contributed by atoms with E-state index in [1.807, 2.05) is 0 Å². The number of carbonyl (C=O) groups is 2. The van der Waals surface area contributed by atoms with Crippen molar-refractivity contribution in [2.24, 2.45) is 0 Å². The van der Waals surface area contributed by atoms with Crippen LogP contribution in [0.4, 0.5) is 0 Å². The van der Waals surface area contributed by atoms with Crippen LogP contribution in [-0.4, -0.2) is 70.3 Å². The smallest absolute Gasteiger partial charge is 0.253 e. The second-order valence-electron chi connectivity index (χ2n) is 4.57. The quantitative estimate of drug-likeness (QED) is 0.618. The van der Waals surface area contributed by atoms with E-state index in [-0.39, 0.29) is 31.5 Å². The first-order valence-corrected chi connectivity index (χ1v) is 7.65. The molecule has 1 fully saturated rings. The minimum absolute atomic E-state index is 0.0942. The molecule has 0 spiro atoms. The summed E-state index contributed by atoms with van der Waals surface area (Å²) >= 11 is 0. The van der Waals surface area contributed by atoms with Crippen molar-refractivity contribution in [1.29, 1.82) is 0 Å². The summed E-state index contributed by atoms with van der Waals surface area (Å²) in [6.45, 7) is 1.93. The molecule has 1 saturated heterocycles. The van der Waals surface area contributed by atoms with Crippen molar-refractivity contribution in [3.8, 4) is 0 Å². The molecule has 0 aromatic carbocycles. The molecule has 1 atom stereocenters. The molecule has 0 saturated carbocycles. The van der Waals surface area contributed by atoms with E-state index in [1.165, 1.54) is 11.9 Å². The van der Waals surface area contributed by atoms with Gasteiger partial charge in [-0.15, -0.1) is 0 Å². The zero-order valence-corrected chi connectivity index (χ0v) is 12.0.